The molecular formula is C17H27ClIN3O2. The van der Waals surface area contributed by atoms with Crippen molar-refractivity contribution in [1.29, 1.82) is 0 Å². The molecular weight excluding hydrogens is 441 g/mol. The van der Waals surface area contributed by atoms with E-state index in [4.69, 9.17) is 16.3 Å². The number of guanidine groups is 1. The van der Waals surface area contributed by atoms with E-state index in [1.807, 2.05) is 31.2 Å². The van der Waals surface area contributed by atoms with Gasteiger partial charge >= 0.3 is 0 Å². The summed E-state index contributed by atoms with van der Waals surface area (Å²) in [7, 11) is 0. The second-order valence-corrected chi connectivity index (χ2v) is 6.32. The van der Waals surface area contributed by atoms with Crippen LogP contribution in [0.1, 0.15) is 25.3 Å². The number of ether oxygens (including phenoxy) is 1. The van der Waals surface area contributed by atoms with Crippen LogP contribution >= 0.6 is 35.6 Å². The highest BCUT2D eigenvalue weighted by Crippen LogP contribution is 2.31. The lowest BCUT2D eigenvalue weighted by Gasteiger charge is -2.27. The van der Waals surface area contributed by atoms with Crippen LogP contribution in [0.2, 0.25) is 5.02 Å². The van der Waals surface area contributed by atoms with Crippen LogP contribution in [0.5, 0.6) is 0 Å². The van der Waals surface area contributed by atoms with Crippen LogP contribution in [0.25, 0.3) is 0 Å². The fraction of sp³-hybridized carbons (Fsp3) is 0.588. The molecule has 0 aliphatic carbocycles. The quantitative estimate of drug-likeness (QED) is 0.328. The Bertz CT molecular complexity index is 522. The number of rotatable bonds is 7. The number of aliphatic hydroxyl groups excluding tert-OH is 1. The zero-order chi connectivity index (χ0) is 16.5. The lowest BCUT2D eigenvalue weighted by Crippen LogP contribution is -2.44. The van der Waals surface area contributed by atoms with Gasteiger partial charge in [-0.25, -0.2) is 4.99 Å². The van der Waals surface area contributed by atoms with Crippen LogP contribution in [0.3, 0.4) is 0 Å². The normalized spacial score (nSPS) is 20.5. The molecule has 2 rings (SSSR count). The van der Waals surface area contributed by atoms with Crippen LogP contribution in [-0.2, 0) is 11.3 Å². The molecule has 1 atom stereocenters. The Balaban J connectivity index is 0.00000288. The van der Waals surface area contributed by atoms with E-state index in [0.717, 1.165) is 49.1 Å². The van der Waals surface area contributed by atoms with E-state index in [-0.39, 0.29) is 36.0 Å². The highest BCUT2D eigenvalue weighted by molar-refractivity contribution is 14.0. The average Bonchev–Trinajstić information content (AvgIpc) is 3.01. The minimum Gasteiger partial charge on any atom is -0.396 e. The van der Waals surface area contributed by atoms with Crippen molar-refractivity contribution < 1.29 is 9.84 Å². The summed E-state index contributed by atoms with van der Waals surface area (Å²) in [5.41, 5.74) is 0.996. The number of aliphatic imine (C=N–C) groups is 1. The van der Waals surface area contributed by atoms with Crippen molar-refractivity contribution in [3.05, 3.63) is 34.9 Å². The van der Waals surface area contributed by atoms with Crippen molar-refractivity contribution in [2.24, 2.45) is 10.4 Å². The van der Waals surface area contributed by atoms with Crippen LogP contribution in [0.15, 0.2) is 29.3 Å². The zero-order valence-corrected chi connectivity index (χ0v) is 17.1. The molecule has 0 saturated carbocycles. The number of aliphatic hydroxyl groups is 1. The Kier molecular flexibility index (Phi) is 9.95. The molecule has 1 aromatic rings. The number of nitrogens with one attached hydrogen (secondary N) is 2. The first-order valence-electron chi connectivity index (χ1n) is 8.13. The molecule has 0 aromatic heterocycles. The Hall–Kier alpha value is -0.570. The molecule has 0 amide bonds. The fourth-order valence-electron chi connectivity index (χ4n) is 2.72. The highest BCUT2D eigenvalue weighted by atomic mass is 127. The molecule has 1 aliphatic heterocycles. The maximum atomic E-state index is 9.30. The zero-order valence-electron chi connectivity index (χ0n) is 14.1. The maximum Gasteiger partial charge on any atom is 0.191 e. The summed E-state index contributed by atoms with van der Waals surface area (Å²) in [6.07, 6.45) is 1.70. The van der Waals surface area contributed by atoms with Crippen LogP contribution in [-0.4, -0.2) is 44.0 Å². The molecule has 1 aliphatic rings. The monoisotopic (exact) mass is 467 g/mol. The number of hydrogen-bond acceptors (Lipinski definition) is 3. The van der Waals surface area contributed by atoms with Gasteiger partial charge in [0, 0.05) is 36.7 Å². The van der Waals surface area contributed by atoms with Crippen LogP contribution < -0.4 is 10.6 Å². The third-order valence-electron chi connectivity index (χ3n) is 4.17. The van der Waals surface area contributed by atoms with E-state index < -0.39 is 0 Å². The van der Waals surface area contributed by atoms with Gasteiger partial charge in [-0.3, -0.25) is 0 Å². The molecule has 7 heteroatoms. The Morgan fingerprint density at radius 3 is 2.79 bits per heavy atom. The smallest absolute Gasteiger partial charge is 0.191 e. The number of benzene rings is 1. The molecule has 1 saturated heterocycles. The van der Waals surface area contributed by atoms with E-state index in [9.17, 15) is 5.11 Å². The van der Waals surface area contributed by atoms with E-state index in [2.05, 4.69) is 15.6 Å². The Labute approximate surface area is 166 Å². The van der Waals surface area contributed by atoms with E-state index in [1.165, 1.54) is 0 Å². The Morgan fingerprint density at radius 1 is 1.38 bits per heavy atom. The van der Waals surface area contributed by atoms with Gasteiger partial charge in [0.25, 0.3) is 0 Å². The summed E-state index contributed by atoms with van der Waals surface area (Å²) in [4.78, 5) is 4.60. The minimum absolute atomic E-state index is 0. The SMILES string of the molecule is CCNC(=NCc1ccccc1Cl)NCC1(CCO)CCOC1.I. The van der Waals surface area contributed by atoms with Crippen LogP contribution in [0, 0.1) is 5.41 Å². The third-order valence-corrected chi connectivity index (χ3v) is 4.54. The summed E-state index contributed by atoms with van der Waals surface area (Å²) in [5.74, 6) is 0.761. The molecule has 5 nitrogen and oxygen atoms in total. The summed E-state index contributed by atoms with van der Waals surface area (Å²) in [5, 5.41) is 16.7. The van der Waals surface area contributed by atoms with Gasteiger partial charge in [-0.2, -0.15) is 0 Å². The first-order valence-corrected chi connectivity index (χ1v) is 8.51. The summed E-state index contributed by atoms with van der Waals surface area (Å²) < 4.78 is 5.52. The van der Waals surface area contributed by atoms with Gasteiger partial charge in [0.15, 0.2) is 5.96 Å². The molecule has 0 bridgehead atoms. The lowest BCUT2D eigenvalue weighted by molar-refractivity contribution is 0.127. The fourth-order valence-corrected chi connectivity index (χ4v) is 2.91. The molecule has 24 heavy (non-hydrogen) atoms. The molecule has 1 heterocycles. The van der Waals surface area contributed by atoms with Crippen molar-refractivity contribution >= 4 is 41.5 Å². The van der Waals surface area contributed by atoms with Crippen LogP contribution in [0.4, 0.5) is 0 Å². The predicted octanol–water partition coefficient (Wildman–Crippen LogP) is 2.80. The van der Waals surface area contributed by atoms with Crippen molar-refractivity contribution in [3.63, 3.8) is 0 Å². The second-order valence-electron chi connectivity index (χ2n) is 5.92. The van der Waals surface area contributed by atoms with E-state index >= 15 is 0 Å². The van der Waals surface area contributed by atoms with Gasteiger partial charge in [-0.05, 0) is 31.4 Å². The first kappa shape index (κ1) is 21.5. The molecule has 136 valence electrons. The molecule has 1 fully saturated rings. The lowest BCUT2D eigenvalue weighted by atomic mass is 9.84. The van der Waals surface area contributed by atoms with Crippen molar-refractivity contribution in [2.45, 2.75) is 26.3 Å². The molecule has 0 spiro atoms. The topological polar surface area (TPSA) is 65.9 Å². The van der Waals surface area contributed by atoms with Gasteiger partial charge in [-0.1, -0.05) is 29.8 Å². The minimum atomic E-state index is -0.00463. The predicted molar refractivity (Wildman–Crippen MR) is 109 cm³/mol. The largest absolute Gasteiger partial charge is 0.396 e. The second kappa shape index (κ2) is 11.1. The van der Waals surface area contributed by atoms with Gasteiger partial charge < -0.3 is 20.5 Å². The summed E-state index contributed by atoms with van der Waals surface area (Å²) in [6.45, 7) is 5.71. The molecule has 3 N–H and O–H groups in total. The average molecular weight is 468 g/mol. The van der Waals surface area contributed by atoms with E-state index in [0.29, 0.717) is 13.2 Å². The molecule has 1 unspecified atom stereocenters. The third kappa shape index (κ3) is 6.38. The van der Waals surface area contributed by atoms with Gasteiger partial charge in [-0.15, -0.1) is 24.0 Å². The van der Waals surface area contributed by atoms with Crippen molar-refractivity contribution in [3.8, 4) is 0 Å². The van der Waals surface area contributed by atoms with Gasteiger partial charge in [0.2, 0.25) is 0 Å². The maximum absolute atomic E-state index is 9.30. The number of halogens is 2. The summed E-state index contributed by atoms with van der Waals surface area (Å²) >= 11 is 6.17. The van der Waals surface area contributed by atoms with Gasteiger partial charge in [0.1, 0.15) is 0 Å². The van der Waals surface area contributed by atoms with Crippen molar-refractivity contribution in [1.82, 2.24) is 10.6 Å². The number of hydrogen-bond donors (Lipinski definition) is 3. The highest BCUT2D eigenvalue weighted by Gasteiger charge is 2.34. The van der Waals surface area contributed by atoms with Gasteiger partial charge in [0.05, 0.1) is 13.2 Å². The summed E-state index contributed by atoms with van der Waals surface area (Å²) in [6, 6.07) is 7.73. The number of nitrogens with zero attached hydrogens (tertiary/aromatic N) is 1. The first-order chi connectivity index (χ1) is 11.2. The molecule has 0 radical (unpaired) electrons. The molecule has 1 aromatic carbocycles. The Morgan fingerprint density at radius 2 is 2.17 bits per heavy atom. The standard InChI is InChI=1S/C17H26ClN3O2.HI/c1-2-19-16(20-11-14-5-3-4-6-15(14)18)21-12-17(7-9-22)8-10-23-13-17;/h3-6,22H,2,7-13H2,1H3,(H2,19,20,21);1H. The van der Waals surface area contributed by atoms with E-state index in [1.54, 1.807) is 0 Å². The van der Waals surface area contributed by atoms with Crippen molar-refractivity contribution in [2.75, 3.05) is 32.9 Å².